The first-order valence-electron chi connectivity index (χ1n) is 11.7. The molecule has 2 aromatic heterocycles. The van der Waals surface area contributed by atoms with Crippen LogP contribution < -0.4 is 9.64 Å². The van der Waals surface area contributed by atoms with Crippen LogP contribution in [0.5, 0.6) is 5.75 Å². The van der Waals surface area contributed by atoms with Crippen molar-refractivity contribution >= 4 is 32.6 Å². The number of aromatic nitrogens is 3. The molecular formula is C26H31N5O2S. The second-order valence-electron chi connectivity index (χ2n) is 7.93. The summed E-state index contributed by atoms with van der Waals surface area (Å²) in [5, 5.41) is 5.20. The molecule has 0 N–H and O–H groups in total. The van der Waals surface area contributed by atoms with Gasteiger partial charge in [-0.15, -0.1) is 0 Å². The lowest BCUT2D eigenvalue weighted by molar-refractivity contribution is 0.0983. The molecule has 0 bridgehead atoms. The number of carbonyl (C=O) groups is 1. The number of anilines is 1. The van der Waals surface area contributed by atoms with Crippen molar-refractivity contribution in [3.05, 3.63) is 66.0 Å². The van der Waals surface area contributed by atoms with Gasteiger partial charge >= 0.3 is 0 Å². The second-order valence-corrected chi connectivity index (χ2v) is 8.94. The van der Waals surface area contributed by atoms with Crippen LogP contribution in [0, 0.1) is 6.92 Å². The number of hydrogen-bond donors (Lipinski definition) is 0. The number of amides is 1. The first-order chi connectivity index (χ1) is 16.5. The van der Waals surface area contributed by atoms with Gasteiger partial charge < -0.3 is 9.64 Å². The Morgan fingerprint density at radius 1 is 1.06 bits per heavy atom. The van der Waals surface area contributed by atoms with Gasteiger partial charge in [-0.1, -0.05) is 43.4 Å². The first-order valence-corrected chi connectivity index (χ1v) is 12.5. The average Bonchev–Trinajstić information content (AvgIpc) is 3.45. The van der Waals surface area contributed by atoms with Gasteiger partial charge in [-0.2, -0.15) is 5.10 Å². The Kier molecular flexibility index (Phi) is 7.59. The molecule has 0 saturated heterocycles. The number of fused-ring (bicyclic) bond motifs is 1. The summed E-state index contributed by atoms with van der Waals surface area (Å²) in [5.41, 5.74) is 3.18. The Labute approximate surface area is 204 Å². The van der Waals surface area contributed by atoms with E-state index < -0.39 is 0 Å². The summed E-state index contributed by atoms with van der Waals surface area (Å²) in [4.78, 5) is 22.8. The molecule has 2 aromatic carbocycles. The molecule has 4 rings (SSSR count). The quantitative estimate of drug-likeness (QED) is 0.315. The van der Waals surface area contributed by atoms with Crippen molar-refractivity contribution in [2.75, 3.05) is 37.7 Å². The monoisotopic (exact) mass is 477 g/mol. The summed E-state index contributed by atoms with van der Waals surface area (Å²) in [7, 11) is 0. The molecule has 8 heteroatoms. The molecule has 0 aliphatic heterocycles. The fraction of sp³-hybridized carbons (Fsp3) is 0.346. The van der Waals surface area contributed by atoms with Gasteiger partial charge in [0, 0.05) is 13.1 Å². The lowest BCUT2D eigenvalue weighted by Crippen LogP contribution is -2.39. The van der Waals surface area contributed by atoms with E-state index in [1.54, 1.807) is 11.1 Å². The van der Waals surface area contributed by atoms with Crippen molar-refractivity contribution < 1.29 is 9.53 Å². The molecule has 7 nitrogen and oxygen atoms in total. The van der Waals surface area contributed by atoms with Gasteiger partial charge in [0.25, 0.3) is 5.91 Å². The Morgan fingerprint density at radius 2 is 1.82 bits per heavy atom. The number of thiazole rings is 1. The van der Waals surface area contributed by atoms with E-state index in [-0.39, 0.29) is 5.91 Å². The van der Waals surface area contributed by atoms with Crippen LogP contribution in [0.15, 0.2) is 54.7 Å². The summed E-state index contributed by atoms with van der Waals surface area (Å²) in [6.07, 6.45) is 1.66. The number of nitrogens with zero attached hydrogens (tertiary/aromatic N) is 5. The van der Waals surface area contributed by atoms with Crippen LogP contribution >= 0.6 is 11.3 Å². The summed E-state index contributed by atoms with van der Waals surface area (Å²) < 4.78 is 8.46. The Morgan fingerprint density at radius 3 is 2.53 bits per heavy atom. The van der Waals surface area contributed by atoms with Gasteiger partial charge in [0.1, 0.15) is 5.75 Å². The normalized spacial score (nSPS) is 11.3. The van der Waals surface area contributed by atoms with Crippen LogP contribution in [-0.2, 0) is 0 Å². The highest BCUT2D eigenvalue weighted by Gasteiger charge is 2.25. The molecule has 0 radical (unpaired) electrons. The van der Waals surface area contributed by atoms with Gasteiger partial charge in [0.15, 0.2) is 5.13 Å². The zero-order valence-electron chi connectivity index (χ0n) is 20.2. The van der Waals surface area contributed by atoms with E-state index in [1.165, 1.54) is 11.3 Å². The molecule has 4 aromatic rings. The van der Waals surface area contributed by atoms with Gasteiger partial charge in [-0.25, -0.2) is 9.67 Å². The summed E-state index contributed by atoms with van der Waals surface area (Å²) in [6.45, 7) is 12.0. The number of ether oxygens (including phenoxy) is 1. The second kappa shape index (κ2) is 10.8. The maximum atomic E-state index is 13.8. The van der Waals surface area contributed by atoms with Gasteiger partial charge in [0.2, 0.25) is 0 Å². The van der Waals surface area contributed by atoms with Crippen LogP contribution in [0.3, 0.4) is 0 Å². The Bertz CT molecular complexity index is 1250. The predicted octanol–water partition coefficient (Wildman–Crippen LogP) is 5.18. The van der Waals surface area contributed by atoms with E-state index >= 15 is 0 Å². The minimum atomic E-state index is -0.0871. The molecular weight excluding hydrogens is 446 g/mol. The number of rotatable bonds is 10. The van der Waals surface area contributed by atoms with Gasteiger partial charge in [-0.05, 0) is 57.3 Å². The van der Waals surface area contributed by atoms with Crippen molar-refractivity contribution in [1.82, 2.24) is 19.7 Å². The van der Waals surface area contributed by atoms with Gasteiger partial charge in [0.05, 0.1) is 40.0 Å². The largest absolute Gasteiger partial charge is 0.494 e. The lowest BCUT2D eigenvalue weighted by Gasteiger charge is -2.24. The summed E-state index contributed by atoms with van der Waals surface area (Å²) in [5.74, 6) is 0.724. The molecule has 0 saturated carbocycles. The first kappa shape index (κ1) is 23.9. The Balaban J connectivity index is 1.69. The van der Waals surface area contributed by atoms with Crippen LogP contribution in [0.4, 0.5) is 5.13 Å². The van der Waals surface area contributed by atoms with E-state index in [1.807, 2.05) is 67.1 Å². The standard InChI is InChI=1S/C26H31N5O2S/c1-5-29(6-2)15-16-30(26-28-23-14-13-21(33-7-3)17-24(23)34-26)25(32)22-18-27-31(19(22)4)20-11-9-8-10-12-20/h8-14,17-18H,5-7,15-16H2,1-4H3. The van der Waals surface area contributed by atoms with E-state index in [2.05, 4.69) is 23.8 Å². The number of carbonyl (C=O) groups excluding carboxylic acids is 1. The Hall–Kier alpha value is -3.23. The minimum Gasteiger partial charge on any atom is -0.494 e. The number of likely N-dealkylation sites (N-methyl/N-ethyl adjacent to an activating group) is 1. The molecule has 1 amide bonds. The SMILES string of the molecule is CCOc1ccc2nc(N(CCN(CC)CC)C(=O)c3cnn(-c4ccccc4)c3C)sc2c1. The number of para-hydroxylation sites is 1. The van der Waals surface area contributed by atoms with Crippen LogP contribution in [0.25, 0.3) is 15.9 Å². The minimum absolute atomic E-state index is 0.0871. The van der Waals surface area contributed by atoms with Crippen molar-refractivity contribution in [2.45, 2.75) is 27.7 Å². The van der Waals surface area contributed by atoms with E-state index in [4.69, 9.17) is 9.72 Å². The van der Waals surface area contributed by atoms with E-state index in [0.29, 0.717) is 23.8 Å². The maximum Gasteiger partial charge on any atom is 0.263 e. The maximum absolute atomic E-state index is 13.8. The van der Waals surface area contributed by atoms with Crippen molar-refractivity contribution in [1.29, 1.82) is 0 Å². The molecule has 0 atom stereocenters. The molecule has 0 aliphatic carbocycles. The molecule has 0 aliphatic rings. The molecule has 0 unspecified atom stereocenters. The lowest BCUT2D eigenvalue weighted by atomic mass is 10.2. The van der Waals surface area contributed by atoms with E-state index in [0.717, 1.165) is 47.0 Å². The summed E-state index contributed by atoms with van der Waals surface area (Å²) in [6, 6.07) is 15.7. The van der Waals surface area contributed by atoms with Crippen molar-refractivity contribution in [2.24, 2.45) is 0 Å². The average molecular weight is 478 g/mol. The smallest absolute Gasteiger partial charge is 0.263 e. The zero-order valence-corrected chi connectivity index (χ0v) is 21.0. The zero-order chi connectivity index (χ0) is 24.1. The third kappa shape index (κ3) is 4.98. The topological polar surface area (TPSA) is 63.5 Å². The van der Waals surface area contributed by atoms with Crippen molar-refractivity contribution in [3.63, 3.8) is 0 Å². The molecule has 34 heavy (non-hydrogen) atoms. The van der Waals surface area contributed by atoms with Crippen LogP contribution in [0.1, 0.15) is 36.8 Å². The van der Waals surface area contributed by atoms with E-state index in [9.17, 15) is 4.79 Å². The molecule has 178 valence electrons. The molecule has 2 heterocycles. The fourth-order valence-corrected chi connectivity index (χ4v) is 4.94. The highest BCUT2D eigenvalue weighted by molar-refractivity contribution is 7.22. The number of benzene rings is 2. The van der Waals surface area contributed by atoms with Crippen LogP contribution in [0.2, 0.25) is 0 Å². The molecule has 0 spiro atoms. The summed E-state index contributed by atoms with van der Waals surface area (Å²) >= 11 is 1.51. The third-order valence-electron chi connectivity index (χ3n) is 5.91. The number of hydrogen-bond acceptors (Lipinski definition) is 6. The predicted molar refractivity (Wildman–Crippen MR) is 139 cm³/mol. The highest BCUT2D eigenvalue weighted by atomic mass is 32.1. The third-order valence-corrected chi connectivity index (χ3v) is 6.95. The van der Waals surface area contributed by atoms with Crippen LogP contribution in [-0.4, -0.2) is 58.4 Å². The van der Waals surface area contributed by atoms with Crippen molar-refractivity contribution in [3.8, 4) is 11.4 Å². The fourth-order valence-electron chi connectivity index (χ4n) is 3.92. The molecule has 0 fully saturated rings. The highest BCUT2D eigenvalue weighted by Crippen LogP contribution is 2.32. The van der Waals surface area contributed by atoms with Gasteiger partial charge in [-0.3, -0.25) is 9.69 Å².